The number of H-pyrrole nitrogens is 1. The number of fused-ring (bicyclic) bond motifs is 1. The van der Waals surface area contributed by atoms with Crippen LogP contribution in [0, 0.1) is 0 Å². The van der Waals surface area contributed by atoms with Crippen LogP contribution in [0.15, 0.2) is 84.1 Å². The number of ether oxygens (including phenoxy) is 2. The van der Waals surface area contributed by atoms with Crippen LogP contribution in [0.4, 0.5) is 5.69 Å². The molecule has 37 heavy (non-hydrogen) atoms. The molecule has 0 aliphatic rings. The summed E-state index contributed by atoms with van der Waals surface area (Å²) in [5.41, 5.74) is 3.46. The highest BCUT2D eigenvalue weighted by Gasteiger charge is 2.20. The molecule has 0 radical (unpaired) electrons. The number of aromatic amines is 1. The van der Waals surface area contributed by atoms with Gasteiger partial charge in [0, 0.05) is 28.4 Å². The summed E-state index contributed by atoms with van der Waals surface area (Å²) in [4.78, 5) is 16.2. The molecule has 0 saturated heterocycles. The lowest BCUT2D eigenvalue weighted by atomic mass is 10.1. The molecule has 0 unspecified atom stereocenters. The van der Waals surface area contributed by atoms with E-state index in [1.807, 2.05) is 91.3 Å². The molecule has 1 amide bonds. The lowest BCUT2D eigenvalue weighted by Crippen LogP contribution is -2.15. The first-order chi connectivity index (χ1) is 18.2. The molecule has 2 aromatic heterocycles. The second-order valence-electron chi connectivity index (χ2n) is 8.08. The van der Waals surface area contributed by atoms with E-state index in [0.29, 0.717) is 35.6 Å². The van der Waals surface area contributed by atoms with E-state index in [1.54, 1.807) is 0 Å². The van der Waals surface area contributed by atoms with E-state index < -0.39 is 0 Å². The summed E-state index contributed by atoms with van der Waals surface area (Å²) in [6, 6.07) is 23.2. The summed E-state index contributed by atoms with van der Waals surface area (Å²) in [6.45, 7) is 4.97. The number of hydrogen-bond acceptors (Lipinski definition) is 6. The monoisotopic (exact) mass is 513 g/mol. The third-order valence-electron chi connectivity index (χ3n) is 5.66. The fraction of sp³-hybridized carbons (Fsp3) is 0.179. The molecule has 188 valence electrons. The van der Waals surface area contributed by atoms with Gasteiger partial charge in [0.2, 0.25) is 5.91 Å². The van der Waals surface area contributed by atoms with Crippen molar-refractivity contribution in [3.63, 3.8) is 0 Å². The van der Waals surface area contributed by atoms with Crippen LogP contribution in [0.25, 0.3) is 28.0 Å². The molecule has 0 aliphatic heterocycles. The van der Waals surface area contributed by atoms with Crippen molar-refractivity contribution in [2.75, 3.05) is 24.3 Å². The van der Waals surface area contributed by atoms with Crippen molar-refractivity contribution < 1.29 is 14.3 Å². The normalized spacial score (nSPS) is 11.0. The van der Waals surface area contributed by atoms with Gasteiger partial charge in [-0.05, 0) is 56.3 Å². The zero-order chi connectivity index (χ0) is 25.6. The number of anilines is 1. The van der Waals surface area contributed by atoms with Crippen LogP contribution in [0.5, 0.6) is 11.5 Å². The van der Waals surface area contributed by atoms with E-state index in [-0.39, 0.29) is 11.7 Å². The van der Waals surface area contributed by atoms with Crippen LogP contribution in [-0.2, 0) is 4.79 Å². The zero-order valence-corrected chi connectivity index (χ0v) is 21.4. The van der Waals surface area contributed by atoms with Gasteiger partial charge < -0.3 is 19.8 Å². The number of rotatable bonds is 10. The Bertz CT molecular complexity index is 1510. The fourth-order valence-corrected chi connectivity index (χ4v) is 4.80. The number of thioether (sulfide) groups is 1. The van der Waals surface area contributed by atoms with Gasteiger partial charge in [0.05, 0.1) is 24.7 Å². The predicted octanol–water partition coefficient (Wildman–Crippen LogP) is 5.94. The van der Waals surface area contributed by atoms with Gasteiger partial charge in [-0.25, -0.2) is 0 Å². The van der Waals surface area contributed by atoms with E-state index in [0.717, 1.165) is 27.9 Å². The second-order valence-corrected chi connectivity index (χ2v) is 9.02. The number of nitrogens with one attached hydrogen (secondary N) is 2. The highest BCUT2D eigenvalue weighted by Crippen LogP contribution is 2.33. The standard InChI is InChI=1S/C28H27N5O3S/c1-3-35-20-15-13-19(14-16-20)33-27(22-17-29-23-10-6-5-9-21(22)23)31-32-28(33)37-18-26(34)30-24-11-7-8-12-25(24)36-4-2/h5-17,29H,3-4,18H2,1-2H3,(H,30,34). The molecule has 9 heteroatoms. The molecule has 2 N–H and O–H groups in total. The Balaban J connectivity index is 1.45. The molecule has 0 fully saturated rings. The van der Waals surface area contributed by atoms with Crippen LogP contribution >= 0.6 is 11.8 Å². The van der Waals surface area contributed by atoms with Crippen molar-refractivity contribution >= 4 is 34.3 Å². The number of aromatic nitrogens is 4. The Kier molecular flexibility index (Phi) is 7.41. The van der Waals surface area contributed by atoms with Crippen molar-refractivity contribution in [3.05, 3.63) is 79.0 Å². The van der Waals surface area contributed by atoms with Gasteiger partial charge in [-0.2, -0.15) is 0 Å². The number of amides is 1. The average Bonchev–Trinajstić information content (AvgIpc) is 3.53. The first kappa shape index (κ1) is 24.5. The molecular formula is C28H27N5O3S. The Hall–Kier alpha value is -4.24. The molecule has 0 atom stereocenters. The SMILES string of the molecule is CCOc1ccc(-n2c(SCC(=O)Nc3ccccc3OCC)nnc2-c2c[nH]c3ccccc23)cc1. The van der Waals surface area contributed by atoms with Crippen molar-refractivity contribution in [1.29, 1.82) is 0 Å². The van der Waals surface area contributed by atoms with E-state index in [9.17, 15) is 4.79 Å². The maximum absolute atomic E-state index is 12.9. The number of para-hydroxylation sites is 3. The van der Waals surface area contributed by atoms with Crippen LogP contribution in [0.3, 0.4) is 0 Å². The summed E-state index contributed by atoms with van der Waals surface area (Å²) in [5, 5.41) is 13.6. The summed E-state index contributed by atoms with van der Waals surface area (Å²) in [6.07, 6.45) is 1.94. The fourth-order valence-electron chi connectivity index (χ4n) is 4.05. The van der Waals surface area contributed by atoms with Crippen LogP contribution < -0.4 is 14.8 Å². The Morgan fingerprint density at radius 1 is 0.946 bits per heavy atom. The van der Waals surface area contributed by atoms with Gasteiger partial charge in [-0.3, -0.25) is 9.36 Å². The van der Waals surface area contributed by atoms with Gasteiger partial charge in [-0.1, -0.05) is 42.1 Å². The lowest BCUT2D eigenvalue weighted by molar-refractivity contribution is -0.113. The summed E-state index contributed by atoms with van der Waals surface area (Å²) >= 11 is 1.32. The third-order valence-corrected chi connectivity index (χ3v) is 6.59. The summed E-state index contributed by atoms with van der Waals surface area (Å²) in [7, 11) is 0. The van der Waals surface area contributed by atoms with Gasteiger partial charge in [0.1, 0.15) is 11.5 Å². The van der Waals surface area contributed by atoms with E-state index in [2.05, 4.69) is 26.6 Å². The zero-order valence-electron chi connectivity index (χ0n) is 20.6. The number of carbonyl (C=O) groups excluding carboxylic acids is 1. The molecule has 2 heterocycles. The van der Waals surface area contributed by atoms with E-state index >= 15 is 0 Å². The molecule has 5 rings (SSSR count). The lowest BCUT2D eigenvalue weighted by Gasteiger charge is -2.12. The first-order valence-electron chi connectivity index (χ1n) is 12.1. The van der Waals surface area contributed by atoms with Crippen LogP contribution in [0.1, 0.15) is 13.8 Å². The Morgan fingerprint density at radius 2 is 1.70 bits per heavy atom. The Morgan fingerprint density at radius 3 is 2.51 bits per heavy atom. The van der Waals surface area contributed by atoms with Gasteiger partial charge in [0.15, 0.2) is 11.0 Å². The summed E-state index contributed by atoms with van der Waals surface area (Å²) < 4.78 is 13.2. The minimum Gasteiger partial charge on any atom is -0.494 e. The van der Waals surface area contributed by atoms with Gasteiger partial charge >= 0.3 is 0 Å². The molecule has 5 aromatic rings. The number of hydrogen-bond donors (Lipinski definition) is 2. The largest absolute Gasteiger partial charge is 0.494 e. The van der Waals surface area contributed by atoms with Crippen LogP contribution in [0.2, 0.25) is 0 Å². The average molecular weight is 514 g/mol. The molecule has 0 aliphatic carbocycles. The molecule has 3 aromatic carbocycles. The maximum atomic E-state index is 12.9. The van der Waals surface area contributed by atoms with Gasteiger partial charge in [-0.15, -0.1) is 10.2 Å². The molecule has 0 saturated carbocycles. The molecular weight excluding hydrogens is 486 g/mol. The minimum absolute atomic E-state index is 0.156. The highest BCUT2D eigenvalue weighted by molar-refractivity contribution is 7.99. The molecule has 8 nitrogen and oxygen atoms in total. The van der Waals surface area contributed by atoms with Crippen molar-refractivity contribution in [3.8, 4) is 28.6 Å². The predicted molar refractivity (Wildman–Crippen MR) is 147 cm³/mol. The van der Waals surface area contributed by atoms with Crippen LogP contribution in [-0.4, -0.2) is 44.6 Å². The smallest absolute Gasteiger partial charge is 0.234 e. The van der Waals surface area contributed by atoms with Gasteiger partial charge in [0.25, 0.3) is 0 Å². The highest BCUT2D eigenvalue weighted by atomic mass is 32.2. The molecule has 0 spiro atoms. The van der Waals surface area contributed by atoms with Crippen molar-refractivity contribution in [2.24, 2.45) is 0 Å². The Labute approximate surface area is 219 Å². The number of benzene rings is 3. The van der Waals surface area contributed by atoms with Crippen molar-refractivity contribution in [1.82, 2.24) is 19.7 Å². The number of nitrogens with zero attached hydrogens (tertiary/aromatic N) is 3. The van der Waals surface area contributed by atoms with E-state index in [4.69, 9.17) is 9.47 Å². The third kappa shape index (κ3) is 5.31. The quantitative estimate of drug-likeness (QED) is 0.224. The topological polar surface area (TPSA) is 94.1 Å². The molecule has 0 bridgehead atoms. The summed E-state index contributed by atoms with van der Waals surface area (Å²) in [5.74, 6) is 2.11. The second kappa shape index (κ2) is 11.2. The first-order valence-corrected chi connectivity index (χ1v) is 13.1. The van der Waals surface area contributed by atoms with E-state index in [1.165, 1.54) is 11.8 Å². The maximum Gasteiger partial charge on any atom is 0.234 e. The number of carbonyl (C=O) groups is 1. The minimum atomic E-state index is -0.160. The van der Waals surface area contributed by atoms with Crippen molar-refractivity contribution in [2.45, 2.75) is 19.0 Å².